The Bertz CT molecular complexity index is 878. The van der Waals surface area contributed by atoms with Crippen molar-refractivity contribution in [3.63, 3.8) is 0 Å². The van der Waals surface area contributed by atoms with E-state index in [2.05, 4.69) is 15.3 Å². The minimum atomic E-state index is -1.19. The standard InChI is InChI=1S/C16H15N5O2/c1-11-6-14(8-19-20-9-17-18-10-20)12(2)21(11)15-5-3-4-13(7-15)16(22)23/h3-10H,1-2H3,(H,22,23)/p-1/b19-8-. The number of aryl methyl sites for hydroxylation is 1. The SMILES string of the molecule is Cc1cc(/C=N\n2cnnc2)c(C)n1-c1cccc(C(=O)[O-])c1. The van der Waals surface area contributed by atoms with Gasteiger partial charge in [-0.05, 0) is 37.6 Å². The summed E-state index contributed by atoms with van der Waals surface area (Å²) >= 11 is 0. The zero-order valence-electron chi connectivity index (χ0n) is 12.7. The Morgan fingerprint density at radius 3 is 2.65 bits per heavy atom. The Hall–Kier alpha value is -3.22. The zero-order valence-corrected chi connectivity index (χ0v) is 12.7. The van der Waals surface area contributed by atoms with E-state index in [1.165, 1.54) is 23.4 Å². The Labute approximate surface area is 132 Å². The molecule has 2 aromatic heterocycles. The number of carboxylic acids is 1. The third kappa shape index (κ3) is 2.89. The maximum Gasteiger partial charge on any atom is 0.141 e. The summed E-state index contributed by atoms with van der Waals surface area (Å²) in [6, 6.07) is 8.64. The minimum Gasteiger partial charge on any atom is -0.545 e. The Balaban J connectivity index is 2.01. The van der Waals surface area contributed by atoms with Crippen LogP contribution in [0.3, 0.4) is 0 Å². The van der Waals surface area contributed by atoms with Crippen LogP contribution in [-0.4, -0.2) is 31.6 Å². The normalized spacial score (nSPS) is 11.2. The van der Waals surface area contributed by atoms with Crippen LogP contribution in [0.4, 0.5) is 0 Å². The van der Waals surface area contributed by atoms with E-state index in [0.29, 0.717) is 0 Å². The summed E-state index contributed by atoms with van der Waals surface area (Å²) in [6.07, 6.45) is 4.71. The molecule has 7 heteroatoms. The van der Waals surface area contributed by atoms with E-state index in [1.54, 1.807) is 18.3 Å². The van der Waals surface area contributed by atoms with Crippen molar-refractivity contribution in [2.24, 2.45) is 5.10 Å². The summed E-state index contributed by atoms with van der Waals surface area (Å²) in [4.78, 5) is 11.0. The smallest absolute Gasteiger partial charge is 0.141 e. The van der Waals surface area contributed by atoms with E-state index in [9.17, 15) is 9.90 Å². The van der Waals surface area contributed by atoms with Crippen LogP contribution in [0.15, 0.2) is 48.1 Å². The lowest BCUT2D eigenvalue weighted by molar-refractivity contribution is -0.255. The van der Waals surface area contributed by atoms with Crippen LogP contribution in [0, 0.1) is 13.8 Å². The fraction of sp³-hybridized carbons (Fsp3) is 0.125. The molecule has 0 saturated heterocycles. The van der Waals surface area contributed by atoms with E-state index in [-0.39, 0.29) is 5.56 Å². The molecule has 3 rings (SSSR count). The maximum atomic E-state index is 11.0. The van der Waals surface area contributed by atoms with Crippen LogP contribution in [-0.2, 0) is 0 Å². The number of benzene rings is 1. The third-order valence-corrected chi connectivity index (χ3v) is 3.55. The summed E-state index contributed by atoms with van der Waals surface area (Å²) in [7, 11) is 0. The number of nitrogens with zero attached hydrogens (tertiary/aromatic N) is 5. The molecule has 116 valence electrons. The van der Waals surface area contributed by atoms with Crippen LogP contribution in [0.25, 0.3) is 5.69 Å². The van der Waals surface area contributed by atoms with Gasteiger partial charge in [-0.1, -0.05) is 12.1 Å². The topological polar surface area (TPSA) is 88.1 Å². The Morgan fingerprint density at radius 2 is 1.96 bits per heavy atom. The first-order valence-electron chi connectivity index (χ1n) is 6.96. The fourth-order valence-electron chi connectivity index (χ4n) is 2.47. The Morgan fingerprint density at radius 1 is 1.22 bits per heavy atom. The summed E-state index contributed by atoms with van der Waals surface area (Å²) in [5.41, 5.74) is 3.77. The number of rotatable bonds is 4. The van der Waals surface area contributed by atoms with Crippen LogP contribution in [0.1, 0.15) is 27.3 Å². The second kappa shape index (κ2) is 5.88. The molecule has 0 aliphatic rings. The molecular formula is C16H14N5O2-. The average molecular weight is 308 g/mol. The molecule has 1 aromatic carbocycles. The molecule has 0 aliphatic carbocycles. The van der Waals surface area contributed by atoms with Crippen molar-refractivity contribution in [1.29, 1.82) is 0 Å². The number of carboxylic acid groups (broad SMARTS) is 1. The van der Waals surface area contributed by atoms with Gasteiger partial charge in [0.1, 0.15) is 12.7 Å². The molecule has 0 aliphatic heterocycles. The average Bonchev–Trinajstić information content (AvgIpc) is 3.13. The molecular weight excluding hydrogens is 294 g/mol. The van der Waals surface area contributed by atoms with Crippen molar-refractivity contribution in [1.82, 2.24) is 19.4 Å². The lowest BCUT2D eigenvalue weighted by Gasteiger charge is -2.11. The first-order chi connectivity index (χ1) is 11.1. The summed E-state index contributed by atoms with van der Waals surface area (Å²) in [5.74, 6) is -1.19. The minimum absolute atomic E-state index is 0.148. The molecule has 0 radical (unpaired) electrons. The fourth-order valence-corrected chi connectivity index (χ4v) is 2.47. The van der Waals surface area contributed by atoms with Gasteiger partial charge < -0.3 is 14.5 Å². The number of carbonyl (C=O) groups is 1. The van der Waals surface area contributed by atoms with Crippen molar-refractivity contribution in [3.05, 3.63) is 65.5 Å². The van der Waals surface area contributed by atoms with Crippen LogP contribution in [0.2, 0.25) is 0 Å². The second-order valence-electron chi connectivity index (χ2n) is 5.09. The van der Waals surface area contributed by atoms with E-state index >= 15 is 0 Å². The van der Waals surface area contributed by atoms with E-state index in [4.69, 9.17) is 0 Å². The third-order valence-electron chi connectivity index (χ3n) is 3.55. The van der Waals surface area contributed by atoms with Crippen LogP contribution >= 0.6 is 0 Å². The van der Waals surface area contributed by atoms with Crippen LogP contribution < -0.4 is 5.11 Å². The predicted octanol–water partition coefficient (Wildman–Crippen LogP) is 0.931. The molecule has 0 amide bonds. The molecule has 2 heterocycles. The summed E-state index contributed by atoms with van der Waals surface area (Å²) < 4.78 is 3.47. The molecule has 23 heavy (non-hydrogen) atoms. The van der Waals surface area contributed by atoms with Gasteiger partial charge >= 0.3 is 0 Å². The zero-order chi connectivity index (χ0) is 16.4. The van der Waals surface area contributed by atoms with Gasteiger partial charge in [0.2, 0.25) is 0 Å². The highest BCUT2D eigenvalue weighted by molar-refractivity contribution is 5.86. The molecule has 7 nitrogen and oxygen atoms in total. The number of aromatic carboxylic acids is 1. The quantitative estimate of drug-likeness (QED) is 0.671. The van der Waals surface area contributed by atoms with Crippen molar-refractivity contribution in [2.45, 2.75) is 13.8 Å². The molecule has 0 unspecified atom stereocenters. The lowest BCUT2D eigenvalue weighted by Crippen LogP contribution is -2.22. The largest absolute Gasteiger partial charge is 0.545 e. The van der Waals surface area contributed by atoms with Gasteiger partial charge in [0, 0.05) is 22.6 Å². The first kappa shape index (κ1) is 14.7. The predicted molar refractivity (Wildman–Crippen MR) is 82.6 cm³/mol. The van der Waals surface area contributed by atoms with Crippen molar-refractivity contribution in [3.8, 4) is 5.69 Å². The number of hydrogen-bond donors (Lipinski definition) is 0. The highest BCUT2D eigenvalue weighted by Crippen LogP contribution is 2.20. The molecule has 3 aromatic rings. The van der Waals surface area contributed by atoms with Gasteiger partial charge in [0.15, 0.2) is 0 Å². The van der Waals surface area contributed by atoms with E-state index < -0.39 is 5.97 Å². The van der Waals surface area contributed by atoms with Gasteiger partial charge in [-0.15, -0.1) is 10.2 Å². The van der Waals surface area contributed by atoms with Gasteiger partial charge in [-0.25, -0.2) is 4.68 Å². The van der Waals surface area contributed by atoms with Crippen molar-refractivity contribution in [2.75, 3.05) is 0 Å². The number of carbonyl (C=O) groups excluding carboxylic acids is 1. The molecule has 0 atom stereocenters. The van der Waals surface area contributed by atoms with Crippen molar-refractivity contribution < 1.29 is 9.90 Å². The second-order valence-corrected chi connectivity index (χ2v) is 5.09. The van der Waals surface area contributed by atoms with Crippen molar-refractivity contribution >= 4 is 12.2 Å². The highest BCUT2D eigenvalue weighted by Gasteiger charge is 2.10. The van der Waals surface area contributed by atoms with Gasteiger partial charge in [0.25, 0.3) is 0 Å². The number of hydrogen-bond acceptors (Lipinski definition) is 5. The molecule has 0 saturated carbocycles. The number of aromatic nitrogens is 4. The molecule has 0 spiro atoms. The van der Waals surface area contributed by atoms with E-state index in [0.717, 1.165) is 22.6 Å². The monoisotopic (exact) mass is 308 g/mol. The van der Waals surface area contributed by atoms with Gasteiger partial charge in [0.05, 0.1) is 12.2 Å². The van der Waals surface area contributed by atoms with Crippen LogP contribution in [0.5, 0.6) is 0 Å². The summed E-state index contributed by atoms with van der Waals surface area (Å²) in [6.45, 7) is 3.90. The molecule has 0 N–H and O–H groups in total. The molecule has 0 bridgehead atoms. The lowest BCUT2D eigenvalue weighted by atomic mass is 10.2. The maximum absolute atomic E-state index is 11.0. The van der Waals surface area contributed by atoms with E-state index in [1.807, 2.05) is 30.5 Å². The first-order valence-corrected chi connectivity index (χ1v) is 6.96. The van der Waals surface area contributed by atoms with Gasteiger partial charge in [-0.3, -0.25) is 0 Å². The Kier molecular flexibility index (Phi) is 3.76. The van der Waals surface area contributed by atoms with Gasteiger partial charge in [-0.2, -0.15) is 5.10 Å². The highest BCUT2D eigenvalue weighted by atomic mass is 16.4. The summed E-state index contributed by atoms with van der Waals surface area (Å²) in [5, 5.41) is 22.6. The molecule has 0 fully saturated rings.